The number of primary sulfonamides is 1. The Labute approximate surface area is 204 Å². The molecule has 34 heavy (non-hydrogen) atoms. The fourth-order valence-corrected chi connectivity index (χ4v) is 4.85. The van der Waals surface area contributed by atoms with Crippen molar-refractivity contribution in [3.05, 3.63) is 76.3 Å². The summed E-state index contributed by atoms with van der Waals surface area (Å²) in [4.78, 5) is 14.9. The molecule has 3 aromatic carbocycles. The fourth-order valence-electron chi connectivity index (χ4n) is 3.08. The van der Waals surface area contributed by atoms with Crippen molar-refractivity contribution in [2.75, 3.05) is 10.7 Å². The molecule has 4 rings (SSSR count). The number of nitro benzene ring substituents is 1. The smallest absolute Gasteiger partial charge is 0.295 e. The molecule has 0 saturated carbocycles. The monoisotopic (exact) mass is 514 g/mol. The number of thiocarbonyl (C=S) groups is 1. The van der Waals surface area contributed by atoms with Gasteiger partial charge in [-0.1, -0.05) is 6.07 Å². The minimum Gasteiger partial charge on any atom is -0.331 e. The molecule has 10 nitrogen and oxygen atoms in total. The first kappa shape index (κ1) is 23.5. The van der Waals surface area contributed by atoms with E-state index in [0.717, 1.165) is 32.9 Å². The van der Waals surface area contributed by atoms with Gasteiger partial charge in [0.05, 0.1) is 20.0 Å². The Morgan fingerprint density at radius 2 is 1.85 bits per heavy atom. The van der Waals surface area contributed by atoms with Crippen LogP contribution in [0, 0.1) is 17.0 Å². The molecule has 0 bridgehead atoms. The number of hydrogen-bond acceptors (Lipinski definition) is 8. The number of nitrogens with one attached hydrogen (secondary N) is 3. The number of rotatable bonds is 6. The molecule has 0 aliphatic heterocycles. The van der Waals surface area contributed by atoms with Gasteiger partial charge < -0.3 is 5.32 Å². The number of anilines is 2. The first-order valence-electron chi connectivity index (χ1n) is 9.72. The maximum atomic E-state index is 11.4. The Balaban J connectivity index is 1.42. The Bertz CT molecular complexity index is 1520. The second-order valence-electron chi connectivity index (χ2n) is 7.25. The van der Waals surface area contributed by atoms with E-state index >= 15 is 0 Å². The van der Waals surface area contributed by atoms with Crippen LogP contribution in [0.2, 0.25) is 0 Å². The summed E-state index contributed by atoms with van der Waals surface area (Å²) in [6, 6.07) is 16.9. The normalized spacial score (nSPS) is 11.2. The highest BCUT2D eigenvalue weighted by Gasteiger charge is 2.19. The van der Waals surface area contributed by atoms with Crippen LogP contribution in [0.5, 0.6) is 0 Å². The third-order valence-corrected chi connectivity index (χ3v) is 6.92. The van der Waals surface area contributed by atoms with E-state index in [4.69, 9.17) is 17.4 Å². The van der Waals surface area contributed by atoms with Gasteiger partial charge in [0.2, 0.25) is 10.0 Å². The van der Waals surface area contributed by atoms with Crippen molar-refractivity contribution in [1.82, 2.24) is 10.4 Å². The van der Waals surface area contributed by atoms with E-state index < -0.39 is 20.6 Å². The van der Waals surface area contributed by atoms with Gasteiger partial charge >= 0.3 is 0 Å². The molecule has 0 saturated heterocycles. The molecular weight excluding hydrogens is 496 g/mol. The Morgan fingerprint density at radius 1 is 1.12 bits per heavy atom. The lowest BCUT2D eigenvalue weighted by atomic mass is 10.2. The van der Waals surface area contributed by atoms with Gasteiger partial charge in [0.15, 0.2) is 5.11 Å². The molecule has 1 aromatic heterocycles. The Morgan fingerprint density at radius 3 is 2.53 bits per heavy atom. The van der Waals surface area contributed by atoms with E-state index in [1.54, 1.807) is 11.3 Å². The minimum atomic E-state index is -4.08. The lowest BCUT2D eigenvalue weighted by molar-refractivity contribution is -0.384. The molecule has 0 amide bonds. The third kappa shape index (κ3) is 5.28. The molecule has 0 radical (unpaired) electrons. The van der Waals surface area contributed by atoms with E-state index in [0.29, 0.717) is 5.69 Å². The van der Waals surface area contributed by atoms with Crippen LogP contribution >= 0.6 is 23.6 Å². The average molecular weight is 515 g/mol. The number of hydrazine groups is 1. The summed E-state index contributed by atoms with van der Waals surface area (Å²) in [6.07, 6.45) is 0. The van der Waals surface area contributed by atoms with Crippen molar-refractivity contribution in [2.24, 2.45) is 5.14 Å². The second-order valence-corrected chi connectivity index (χ2v) is 10.3. The molecule has 0 aliphatic carbocycles. The van der Waals surface area contributed by atoms with Crippen LogP contribution in [-0.2, 0) is 10.0 Å². The average Bonchev–Trinajstić information content (AvgIpc) is 3.20. The number of nitrogens with two attached hydrogens (primary N) is 1. The quantitative estimate of drug-likeness (QED) is 0.169. The first-order valence-corrected chi connectivity index (χ1v) is 12.5. The summed E-state index contributed by atoms with van der Waals surface area (Å²) >= 11 is 6.85. The molecule has 5 N–H and O–H groups in total. The molecule has 0 atom stereocenters. The predicted molar refractivity (Wildman–Crippen MR) is 137 cm³/mol. The van der Waals surface area contributed by atoms with Crippen molar-refractivity contribution in [1.29, 1.82) is 0 Å². The third-order valence-electron chi connectivity index (χ3n) is 4.74. The largest absolute Gasteiger partial charge is 0.331 e. The molecule has 0 fully saturated rings. The number of nitro groups is 1. The molecule has 13 heteroatoms. The molecule has 4 aromatic rings. The minimum absolute atomic E-state index is 0.0166. The van der Waals surface area contributed by atoms with Crippen LogP contribution in [0.4, 0.5) is 17.1 Å². The van der Waals surface area contributed by atoms with Crippen molar-refractivity contribution in [2.45, 2.75) is 11.8 Å². The number of fused-ring (bicyclic) bond motifs is 1. The molecule has 0 unspecified atom stereocenters. The van der Waals surface area contributed by atoms with E-state index in [1.165, 1.54) is 11.6 Å². The number of hydrogen-bond donors (Lipinski definition) is 4. The summed E-state index contributed by atoms with van der Waals surface area (Å²) in [5.41, 5.74) is 8.59. The van der Waals surface area contributed by atoms with Crippen LogP contribution in [0.1, 0.15) is 5.56 Å². The molecule has 0 spiro atoms. The number of sulfonamides is 1. The van der Waals surface area contributed by atoms with Crippen LogP contribution in [0.15, 0.2) is 65.6 Å². The van der Waals surface area contributed by atoms with Crippen LogP contribution in [-0.4, -0.2) is 23.4 Å². The van der Waals surface area contributed by atoms with Gasteiger partial charge in [-0.15, -0.1) is 11.3 Å². The highest BCUT2D eigenvalue weighted by atomic mass is 32.2. The molecule has 0 aliphatic rings. The zero-order valence-electron chi connectivity index (χ0n) is 17.6. The maximum Gasteiger partial charge on any atom is 0.295 e. The van der Waals surface area contributed by atoms with Gasteiger partial charge in [-0.25, -0.2) is 18.5 Å². The predicted octanol–water partition coefficient (Wildman–Crippen LogP) is 4.14. The number of nitrogens with zero attached hydrogens (tertiary/aromatic N) is 2. The van der Waals surface area contributed by atoms with Crippen LogP contribution in [0.3, 0.4) is 0 Å². The van der Waals surface area contributed by atoms with E-state index in [9.17, 15) is 18.5 Å². The van der Waals surface area contributed by atoms with Gasteiger partial charge in [-0.05, 0) is 73.2 Å². The molecule has 1 heterocycles. The number of aromatic nitrogens is 1. The Hall–Kier alpha value is -3.65. The highest BCUT2D eigenvalue weighted by molar-refractivity contribution is 7.89. The van der Waals surface area contributed by atoms with Crippen LogP contribution in [0.25, 0.3) is 20.8 Å². The summed E-state index contributed by atoms with van der Waals surface area (Å²) in [7, 11) is -4.08. The fraction of sp³-hybridized carbons (Fsp3) is 0.0476. The van der Waals surface area contributed by atoms with Crippen molar-refractivity contribution < 1.29 is 13.3 Å². The van der Waals surface area contributed by atoms with Crippen molar-refractivity contribution in [3.8, 4) is 10.6 Å². The SMILES string of the molecule is Cc1ccc2nc(-c3ccc(NC(=S)NNc4ccc(S(N)(=O)=O)cc4[N+](=O)[O-])cc3)sc2c1. The maximum absolute atomic E-state index is 11.4. The summed E-state index contributed by atoms with van der Waals surface area (Å²) in [6.45, 7) is 2.04. The standard InChI is InChI=1S/C21H18N6O4S3/c1-12-2-8-17-19(10-12)33-20(24-17)13-3-5-14(6-4-13)23-21(32)26-25-16-9-7-15(34(22,30)31)11-18(16)27(28)29/h2-11,25H,1H3,(H2,22,30,31)(H2,23,26,32). The first-order chi connectivity index (χ1) is 16.1. The van der Waals surface area contributed by atoms with Crippen LogP contribution < -0.4 is 21.3 Å². The van der Waals surface area contributed by atoms with Gasteiger partial charge in [-0.2, -0.15) is 0 Å². The second kappa shape index (κ2) is 9.30. The number of thiazole rings is 1. The topological polar surface area (TPSA) is 152 Å². The summed E-state index contributed by atoms with van der Waals surface area (Å²) < 4.78 is 24.0. The highest BCUT2D eigenvalue weighted by Crippen LogP contribution is 2.31. The van der Waals surface area contributed by atoms with E-state index in [1.807, 2.05) is 43.3 Å². The Kier molecular flexibility index (Phi) is 6.43. The summed E-state index contributed by atoms with van der Waals surface area (Å²) in [5, 5.41) is 20.4. The van der Waals surface area contributed by atoms with Gasteiger partial charge in [-0.3, -0.25) is 21.0 Å². The lowest BCUT2D eigenvalue weighted by Gasteiger charge is -2.13. The van der Waals surface area contributed by atoms with Gasteiger partial charge in [0, 0.05) is 17.3 Å². The van der Waals surface area contributed by atoms with Gasteiger partial charge in [0.1, 0.15) is 10.7 Å². The lowest BCUT2D eigenvalue weighted by Crippen LogP contribution is -2.33. The van der Waals surface area contributed by atoms with E-state index in [2.05, 4.69) is 27.2 Å². The van der Waals surface area contributed by atoms with Gasteiger partial charge in [0.25, 0.3) is 5.69 Å². The van der Waals surface area contributed by atoms with E-state index in [-0.39, 0.29) is 15.7 Å². The van der Waals surface area contributed by atoms with Crippen molar-refractivity contribution in [3.63, 3.8) is 0 Å². The summed E-state index contributed by atoms with van der Waals surface area (Å²) in [5.74, 6) is 0. The zero-order valence-corrected chi connectivity index (χ0v) is 20.1. The van der Waals surface area contributed by atoms with Crippen molar-refractivity contribution >= 4 is 66.0 Å². The molecule has 174 valence electrons. The molecular formula is C21H18N6O4S3. The number of benzene rings is 3. The number of aryl methyl sites for hydroxylation is 1. The zero-order chi connectivity index (χ0) is 24.5.